The second-order valence-electron chi connectivity index (χ2n) is 7.88. The molecule has 1 N–H and O–H groups in total. The van der Waals surface area contributed by atoms with E-state index in [-0.39, 0.29) is 17.6 Å². The van der Waals surface area contributed by atoms with E-state index in [1.807, 2.05) is 30.3 Å². The van der Waals surface area contributed by atoms with Crippen molar-refractivity contribution in [1.82, 2.24) is 25.0 Å². The highest BCUT2D eigenvalue weighted by molar-refractivity contribution is 5.95. The Hall–Kier alpha value is -2.93. The molecular weight excluding hydrogens is 354 g/mol. The molecule has 2 aliphatic rings. The number of likely N-dealkylation sites (tertiary alicyclic amines) is 1. The molecule has 144 valence electrons. The van der Waals surface area contributed by atoms with Crippen LogP contribution in [0.3, 0.4) is 0 Å². The lowest BCUT2D eigenvalue weighted by Gasteiger charge is -2.46. The van der Waals surface area contributed by atoms with Crippen molar-refractivity contribution in [3.05, 3.63) is 59.9 Å². The lowest BCUT2D eigenvalue weighted by atomic mass is 9.80. The van der Waals surface area contributed by atoms with Crippen molar-refractivity contribution < 1.29 is 9.53 Å². The average molecular weight is 377 g/mol. The molecule has 28 heavy (non-hydrogen) atoms. The molecule has 1 amide bonds. The molecule has 1 atom stereocenters. The lowest BCUT2D eigenvalue weighted by molar-refractivity contribution is -0.0195. The maximum Gasteiger partial charge on any atom is 0.251 e. The number of amides is 1. The van der Waals surface area contributed by atoms with Crippen LogP contribution in [0.2, 0.25) is 0 Å². The minimum absolute atomic E-state index is 0.0693. The Balaban J connectivity index is 1.43. The molecule has 1 fully saturated rings. The van der Waals surface area contributed by atoms with Gasteiger partial charge in [-0.15, -0.1) is 5.10 Å². The Bertz CT molecular complexity index is 1020. The number of aromatic nitrogens is 3. The maximum atomic E-state index is 13.0. The van der Waals surface area contributed by atoms with E-state index < -0.39 is 0 Å². The van der Waals surface area contributed by atoms with Crippen LogP contribution < -0.4 is 10.1 Å². The third kappa shape index (κ3) is 3.01. The van der Waals surface area contributed by atoms with Crippen molar-refractivity contribution in [2.45, 2.75) is 30.9 Å². The number of nitrogens with one attached hydrogen (secondary N) is 1. The maximum absolute atomic E-state index is 13.0. The molecule has 1 spiro atoms. The third-order valence-electron chi connectivity index (χ3n) is 5.96. The van der Waals surface area contributed by atoms with Gasteiger partial charge in [0.05, 0.1) is 17.8 Å². The predicted octanol–water partition coefficient (Wildman–Crippen LogP) is 2.45. The van der Waals surface area contributed by atoms with Gasteiger partial charge >= 0.3 is 0 Å². The van der Waals surface area contributed by atoms with Gasteiger partial charge in [-0.05, 0) is 38.1 Å². The van der Waals surface area contributed by atoms with Crippen LogP contribution in [-0.2, 0) is 0 Å². The van der Waals surface area contributed by atoms with Crippen LogP contribution in [0.15, 0.2) is 48.8 Å². The van der Waals surface area contributed by atoms with Crippen LogP contribution in [0.5, 0.6) is 5.75 Å². The van der Waals surface area contributed by atoms with Crippen LogP contribution in [0.1, 0.15) is 41.2 Å². The van der Waals surface area contributed by atoms with Gasteiger partial charge in [-0.25, -0.2) is 4.52 Å². The van der Waals surface area contributed by atoms with E-state index in [4.69, 9.17) is 4.74 Å². The summed E-state index contributed by atoms with van der Waals surface area (Å²) in [5.74, 6) is 0.799. The van der Waals surface area contributed by atoms with E-state index >= 15 is 0 Å². The molecule has 0 radical (unpaired) electrons. The van der Waals surface area contributed by atoms with Gasteiger partial charge in [-0.2, -0.15) is 0 Å². The number of hydrogen-bond donors (Lipinski definition) is 1. The Kier molecular flexibility index (Phi) is 4.05. The number of piperidine rings is 1. The summed E-state index contributed by atoms with van der Waals surface area (Å²) < 4.78 is 8.12. The minimum atomic E-state index is -0.210. The molecule has 7 nitrogen and oxygen atoms in total. The summed E-state index contributed by atoms with van der Waals surface area (Å²) in [6, 6.07) is 11.6. The van der Waals surface area contributed by atoms with Gasteiger partial charge in [0.25, 0.3) is 5.91 Å². The standard InChI is InChI=1S/C21H23N5O2/c1-25-10-7-21(8-11-25)13-18(17-4-2-3-5-19(17)28-21)23-20(27)15-6-9-26-16(12-15)14-22-24-26/h2-6,9,12,14,18H,7-8,10-11,13H2,1H3,(H,23,27). The molecular formula is C21H23N5O2. The molecule has 3 aromatic rings. The zero-order valence-electron chi connectivity index (χ0n) is 15.8. The highest BCUT2D eigenvalue weighted by atomic mass is 16.5. The summed E-state index contributed by atoms with van der Waals surface area (Å²) >= 11 is 0. The zero-order chi connectivity index (χ0) is 19.1. The fourth-order valence-corrected chi connectivity index (χ4v) is 4.29. The smallest absolute Gasteiger partial charge is 0.251 e. The second kappa shape index (κ2) is 6.60. The summed E-state index contributed by atoms with van der Waals surface area (Å²) in [7, 11) is 2.14. The van der Waals surface area contributed by atoms with Crippen LogP contribution in [0, 0.1) is 0 Å². The van der Waals surface area contributed by atoms with Crippen LogP contribution in [-0.4, -0.2) is 51.4 Å². The summed E-state index contributed by atoms with van der Waals surface area (Å²) in [4.78, 5) is 15.3. The predicted molar refractivity (Wildman–Crippen MR) is 104 cm³/mol. The van der Waals surface area contributed by atoms with Gasteiger partial charge < -0.3 is 15.0 Å². The summed E-state index contributed by atoms with van der Waals surface area (Å²) in [6.07, 6.45) is 6.14. The van der Waals surface area contributed by atoms with Crippen molar-refractivity contribution in [3.63, 3.8) is 0 Å². The van der Waals surface area contributed by atoms with Gasteiger partial charge in [-0.3, -0.25) is 4.79 Å². The van der Waals surface area contributed by atoms with E-state index in [2.05, 4.69) is 27.6 Å². The van der Waals surface area contributed by atoms with E-state index in [9.17, 15) is 4.79 Å². The average Bonchev–Trinajstić information content (AvgIpc) is 3.18. The molecule has 7 heteroatoms. The molecule has 2 aromatic heterocycles. The van der Waals surface area contributed by atoms with E-state index in [0.717, 1.165) is 49.2 Å². The van der Waals surface area contributed by atoms with Crippen molar-refractivity contribution in [2.75, 3.05) is 20.1 Å². The monoisotopic (exact) mass is 377 g/mol. The number of ether oxygens (including phenoxy) is 1. The summed E-state index contributed by atoms with van der Waals surface area (Å²) in [5, 5.41) is 11.1. The number of carbonyl (C=O) groups excluding carboxylic acids is 1. The zero-order valence-corrected chi connectivity index (χ0v) is 15.8. The second-order valence-corrected chi connectivity index (χ2v) is 7.88. The van der Waals surface area contributed by atoms with Gasteiger partial charge in [0.15, 0.2) is 0 Å². The van der Waals surface area contributed by atoms with E-state index in [1.54, 1.807) is 23.0 Å². The summed E-state index contributed by atoms with van der Waals surface area (Å²) in [6.45, 7) is 2.02. The third-order valence-corrected chi connectivity index (χ3v) is 5.96. The van der Waals surface area contributed by atoms with Gasteiger partial charge in [0.1, 0.15) is 11.4 Å². The fraction of sp³-hybridized carbons (Fsp3) is 0.381. The van der Waals surface area contributed by atoms with Crippen molar-refractivity contribution in [2.24, 2.45) is 0 Å². The highest BCUT2D eigenvalue weighted by Gasteiger charge is 2.43. The molecule has 4 heterocycles. The molecule has 1 unspecified atom stereocenters. The van der Waals surface area contributed by atoms with Crippen molar-refractivity contribution in [3.8, 4) is 5.75 Å². The van der Waals surface area contributed by atoms with Crippen LogP contribution in [0.4, 0.5) is 0 Å². The SMILES string of the molecule is CN1CCC2(CC1)CC(NC(=O)c1ccn3nncc3c1)c1ccccc1O2. The number of para-hydroxylation sites is 1. The first-order chi connectivity index (χ1) is 13.6. The molecule has 5 rings (SSSR count). The van der Waals surface area contributed by atoms with Crippen molar-refractivity contribution in [1.29, 1.82) is 0 Å². The molecule has 1 saturated heterocycles. The van der Waals surface area contributed by atoms with Crippen molar-refractivity contribution >= 4 is 11.4 Å². The first-order valence-corrected chi connectivity index (χ1v) is 9.69. The first kappa shape index (κ1) is 17.2. The number of carbonyl (C=O) groups is 1. The molecule has 1 aromatic carbocycles. The Morgan fingerprint density at radius 1 is 1.25 bits per heavy atom. The summed E-state index contributed by atoms with van der Waals surface area (Å²) in [5.41, 5.74) is 2.24. The first-order valence-electron chi connectivity index (χ1n) is 9.69. The highest BCUT2D eigenvalue weighted by Crippen LogP contribution is 2.44. The van der Waals surface area contributed by atoms with Gasteiger partial charge in [-0.1, -0.05) is 23.4 Å². The molecule has 2 aliphatic heterocycles. The largest absolute Gasteiger partial charge is 0.487 e. The number of rotatable bonds is 2. The number of benzene rings is 1. The van der Waals surface area contributed by atoms with E-state index in [1.165, 1.54) is 0 Å². The number of pyridine rings is 1. The van der Waals surface area contributed by atoms with Gasteiger partial charge in [0, 0.05) is 36.8 Å². The Morgan fingerprint density at radius 2 is 2.07 bits per heavy atom. The Morgan fingerprint density at radius 3 is 2.93 bits per heavy atom. The number of fused-ring (bicyclic) bond motifs is 2. The Labute approximate surface area is 163 Å². The number of nitrogens with zero attached hydrogens (tertiary/aromatic N) is 4. The van der Waals surface area contributed by atoms with Gasteiger partial charge in [0.2, 0.25) is 0 Å². The number of hydrogen-bond acceptors (Lipinski definition) is 5. The topological polar surface area (TPSA) is 71.8 Å². The minimum Gasteiger partial charge on any atom is -0.487 e. The fourth-order valence-electron chi connectivity index (χ4n) is 4.29. The van der Waals surface area contributed by atoms with Crippen LogP contribution in [0.25, 0.3) is 5.52 Å². The molecule has 0 bridgehead atoms. The normalized spacial score (nSPS) is 21.2. The molecule has 0 aliphatic carbocycles. The molecule has 0 saturated carbocycles. The van der Waals surface area contributed by atoms with Crippen LogP contribution >= 0.6 is 0 Å². The van der Waals surface area contributed by atoms with E-state index in [0.29, 0.717) is 5.56 Å². The lowest BCUT2D eigenvalue weighted by Crippen LogP contribution is -2.51. The quantitative estimate of drug-likeness (QED) is 0.743.